The molecular formula is C29H24Br2N4OS. The van der Waals surface area contributed by atoms with Gasteiger partial charge in [-0.25, -0.2) is 4.52 Å². The third-order valence-electron chi connectivity index (χ3n) is 6.78. The molecule has 0 unspecified atom stereocenters. The van der Waals surface area contributed by atoms with E-state index in [1.165, 1.54) is 5.56 Å². The van der Waals surface area contributed by atoms with E-state index in [-0.39, 0.29) is 0 Å². The third-order valence-corrected chi connectivity index (χ3v) is 8.14. The molecule has 37 heavy (non-hydrogen) atoms. The summed E-state index contributed by atoms with van der Waals surface area (Å²) in [5.41, 5.74) is 7.62. The second-order valence-corrected chi connectivity index (χ2v) is 11.3. The lowest BCUT2D eigenvalue weighted by atomic mass is 9.98. The van der Waals surface area contributed by atoms with E-state index in [9.17, 15) is 0 Å². The van der Waals surface area contributed by atoms with Gasteiger partial charge in [-0.15, -0.1) is 5.10 Å². The van der Waals surface area contributed by atoms with E-state index in [0.29, 0.717) is 4.99 Å². The monoisotopic (exact) mass is 634 g/mol. The van der Waals surface area contributed by atoms with Crippen molar-refractivity contribution in [3.8, 4) is 28.3 Å². The Kier molecular flexibility index (Phi) is 6.65. The molecule has 1 aliphatic heterocycles. The molecule has 1 N–H and O–H groups in total. The van der Waals surface area contributed by atoms with Crippen molar-refractivity contribution in [3.05, 3.63) is 93.0 Å². The standard InChI is InChI=1S/C29H24Br2N4OS/c1-36-23-15-13-22(14-16-23)32-28(37)26-25(18-5-9-20(30)10-6-18)24-4-2-3-17-34-27(33-35(26)29(24)34)19-7-11-21(31)12-8-19/h5-16H,2-4,17H2,1H3,(H,32,37). The number of halogens is 2. The van der Waals surface area contributed by atoms with Crippen LogP contribution in [0.5, 0.6) is 5.75 Å². The zero-order chi connectivity index (χ0) is 25.5. The van der Waals surface area contributed by atoms with Gasteiger partial charge in [-0.1, -0.05) is 68.3 Å². The van der Waals surface area contributed by atoms with Crippen LogP contribution >= 0.6 is 44.1 Å². The maximum absolute atomic E-state index is 6.08. The Morgan fingerprint density at radius 2 is 1.54 bits per heavy atom. The van der Waals surface area contributed by atoms with Gasteiger partial charge in [-0.05, 0) is 73.4 Å². The van der Waals surface area contributed by atoms with Crippen molar-refractivity contribution < 1.29 is 4.74 Å². The lowest BCUT2D eigenvalue weighted by Gasteiger charge is -2.12. The van der Waals surface area contributed by atoms with Crippen molar-refractivity contribution in [2.45, 2.75) is 25.8 Å². The molecule has 3 aromatic carbocycles. The molecule has 0 aliphatic carbocycles. The fourth-order valence-electron chi connectivity index (χ4n) is 5.05. The number of aromatic nitrogens is 3. The normalized spacial score (nSPS) is 12.9. The molecule has 5 aromatic rings. The SMILES string of the molecule is COc1ccc(NC(=S)c2c(-c3ccc(Br)cc3)c3c4n(c(-c5ccc(Br)cc5)nn24)CCCC3)cc1. The van der Waals surface area contributed by atoms with Crippen LogP contribution in [0.15, 0.2) is 81.7 Å². The molecule has 0 bridgehead atoms. The summed E-state index contributed by atoms with van der Waals surface area (Å²) in [4.78, 5) is 0.636. The molecule has 0 atom stereocenters. The highest BCUT2D eigenvalue weighted by molar-refractivity contribution is 9.10. The van der Waals surface area contributed by atoms with Gasteiger partial charge in [0.05, 0.1) is 7.11 Å². The van der Waals surface area contributed by atoms with Crippen molar-refractivity contribution in [3.63, 3.8) is 0 Å². The lowest BCUT2D eigenvalue weighted by Crippen LogP contribution is -2.15. The van der Waals surface area contributed by atoms with Gasteiger partial charge in [0.25, 0.3) is 0 Å². The Hall–Kier alpha value is -2.94. The number of benzene rings is 3. The van der Waals surface area contributed by atoms with Crippen LogP contribution in [-0.2, 0) is 13.0 Å². The number of ether oxygens (including phenoxy) is 1. The number of aryl methyl sites for hydroxylation is 2. The smallest absolute Gasteiger partial charge is 0.162 e. The third kappa shape index (κ3) is 4.51. The van der Waals surface area contributed by atoms with Crippen LogP contribution < -0.4 is 10.1 Å². The Morgan fingerprint density at radius 3 is 2.19 bits per heavy atom. The minimum Gasteiger partial charge on any atom is -0.497 e. The summed E-state index contributed by atoms with van der Waals surface area (Å²) < 4.78 is 11.9. The van der Waals surface area contributed by atoms with Crippen molar-refractivity contribution >= 4 is 60.4 Å². The Morgan fingerprint density at radius 1 is 0.892 bits per heavy atom. The van der Waals surface area contributed by atoms with E-state index >= 15 is 0 Å². The number of hydrogen-bond donors (Lipinski definition) is 1. The van der Waals surface area contributed by atoms with E-state index in [4.69, 9.17) is 22.1 Å². The van der Waals surface area contributed by atoms with Crippen LogP contribution in [0, 0.1) is 0 Å². The summed E-state index contributed by atoms with van der Waals surface area (Å²) in [5, 5.41) is 8.65. The molecule has 0 saturated heterocycles. The first-order valence-electron chi connectivity index (χ1n) is 12.1. The quantitative estimate of drug-likeness (QED) is 0.198. The number of methoxy groups -OCH3 is 1. The van der Waals surface area contributed by atoms with E-state index in [1.54, 1.807) is 7.11 Å². The summed E-state index contributed by atoms with van der Waals surface area (Å²) in [6, 6.07) is 24.6. The first-order valence-corrected chi connectivity index (χ1v) is 14.1. The molecule has 0 saturated carbocycles. The van der Waals surface area contributed by atoms with Gasteiger partial charge < -0.3 is 14.6 Å². The summed E-state index contributed by atoms with van der Waals surface area (Å²) in [5.74, 6) is 1.76. The fraction of sp³-hybridized carbons (Fsp3) is 0.172. The topological polar surface area (TPSA) is 43.5 Å². The van der Waals surface area contributed by atoms with Crippen LogP contribution in [-0.4, -0.2) is 26.3 Å². The highest BCUT2D eigenvalue weighted by atomic mass is 79.9. The Balaban J connectivity index is 1.57. The van der Waals surface area contributed by atoms with Crippen molar-refractivity contribution in [2.24, 2.45) is 0 Å². The summed E-state index contributed by atoms with van der Waals surface area (Å²) in [6.45, 7) is 0.920. The van der Waals surface area contributed by atoms with Crippen molar-refractivity contribution in [1.82, 2.24) is 14.2 Å². The second kappa shape index (κ2) is 10.1. The van der Waals surface area contributed by atoms with Crippen LogP contribution in [0.4, 0.5) is 5.69 Å². The summed E-state index contributed by atoms with van der Waals surface area (Å²) in [7, 11) is 1.67. The van der Waals surface area contributed by atoms with Gasteiger partial charge in [-0.2, -0.15) is 0 Å². The Labute approximate surface area is 237 Å². The van der Waals surface area contributed by atoms with Gasteiger partial charge in [0.2, 0.25) is 0 Å². The number of rotatable bonds is 5. The van der Waals surface area contributed by atoms with Crippen molar-refractivity contribution in [1.29, 1.82) is 0 Å². The summed E-state index contributed by atoms with van der Waals surface area (Å²) >= 11 is 13.2. The first kappa shape index (κ1) is 24.4. The molecule has 0 fully saturated rings. The van der Waals surface area contributed by atoms with Crippen LogP contribution in [0.2, 0.25) is 0 Å². The molecule has 5 nitrogen and oxygen atoms in total. The van der Waals surface area contributed by atoms with Crippen molar-refractivity contribution in [2.75, 3.05) is 12.4 Å². The van der Waals surface area contributed by atoms with Gasteiger partial charge in [-0.3, -0.25) is 0 Å². The number of anilines is 1. The average Bonchev–Trinajstić information content (AvgIpc) is 3.33. The molecule has 6 rings (SSSR count). The number of nitrogens with zero attached hydrogens (tertiary/aromatic N) is 3. The first-order chi connectivity index (χ1) is 18.0. The number of nitrogens with one attached hydrogen (secondary N) is 1. The van der Waals surface area contributed by atoms with E-state index in [2.05, 4.69) is 94.8 Å². The van der Waals surface area contributed by atoms with Crippen LogP contribution in [0.3, 0.4) is 0 Å². The second-order valence-electron chi connectivity index (χ2n) is 9.07. The maximum Gasteiger partial charge on any atom is 0.162 e. The van der Waals surface area contributed by atoms with Gasteiger partial charge in [0, 0.05) is 37.9 Å². The Bertz CT molecular complexity index is 1600. The highest BCUT2D eigenvalue weighted by Crippen LogP contribution is 2.39. The van der Waals surface area contributed by atoms with Gasteiger partial charge in [0.15, 0.2) is 5.82 Å². The van der Waals surface area contributed by atoms with Crippen LogP contribution in [0.25, 0.3) is 28.2 Å². The number of hydrogen-bond acceptors (Lipinski definition) is 3. The highest BCUT2D eigenvalue weighted by Gasteiger charge is 2.29. The van der Waals surface area contributed by atoms with Crippen LogP contribution in [0.1, 0.15) is 24.1 Å². The average molecular weight is 636 g/mol. The molecule has 3 heterocycles. The van der Waals surface area contributed by atoms with Gasteiger partial charge >= 0.3 is 0 Å². The molecule has 0 radical (unpaired) electrons. The zero-order valence-electron chi connectivity index (χ0n) is 20.2. The summed E-state index contributed by atoms with van der Waals surface area (Å²) in [6.07, 6.45) is 3.20. The molecule has 1 aliphatic rings. The lowest BCUT2D eigenvalue weighted by molar-refractivity contribution is 0.415. The minimum atomic E-state index is 0.636. The predicted octanol–water partition coefficient (Wildman–Crippen LogP) is 8.13. The van der Waals surface area contributed by atoms with E-state index in [0.717, 1.165) is 80.0 Å². The molecule has 0 spiro atoms. The van der Waals surface area contributed by atoms with E-state index in [1.807, 2.05) is 24.3 Å². The minimum absolute atomic E-state index is 0.636. The zero-order valence-corrected chi connectivity index (χ0v) is 24.2. The molecule has 2 aromatic heterocycles. The number of thiocarbonyl (C=S) groups is 1. The van der Waals surface area contributed by atoms with E-state index < -0.39 is 0 Å². The molecule has 186 valence electrons. The maximum atomic E-state index is 6.08. The molecule has 0 amide bonds. The largest absolute Gasteiger partial charge is 0.497 e. The fourth-order valence-corrected chi connectivity index (χ4v) is 5.89. The molecule has 8 heteroatoms. The van der Waals surface area contributed by atoms with Gasteiger partial charge in [0.1, 0.15) is 22.1 Å². The molecular weight excluding hydrogens is 612 g/mol. The predicted molar refractivity (Wildman–Crippen MR) is 161 cm³/mol.